The third-order valence-electron chi connectivity index (χ3n) is 4.13. The van der Waals surface area contributed by atoms with Gasteiger partial charge >= 0.3 is 0 Å². The highest BCUT2D eigenvalue weighted by molar-refractivity contribution is 5.26. The van der Waals surface area contributed by atoms with Crippen molar-refractivity contribution < 1.29 is 0 Å². The maximum atomic E-state index is 3.70. The van der Waals surface area contributed by atoms with Gasteiger partial charge in [-0.15, -0.1) is 0 Å². The molecule has 2 atom stereocenters. The molecule has 1 aromatic rings. The van der Waals surface area contributed by atoms with Gasteiger partial charge in [-0.2, -0.15) is 0 Å². The molecular weight excluding hydrogens is 218 g/mol. The van der Waals surface area contributed by atoms with E-state index in [1.165, 1.54) is 36.8 Å². The van der Waals surface area contributed by atoms with Crippen LogP contribution in [-0.2, 0) is 0 Å². The average Bonchev–Trinajstić information content (AvgIpc) is 3.18. The number of hydrogen-bond donors (Lipinski definition) is 1. The standard InChI is InChI=1S/C17H27N/c1-4-13(2)10-16(12-18-17-8-9-17)15-7-5-6-14(3)11-15/h5-7,11,13,16-18H,4,8-10,12H2,1-3H3. The fraction of sp³-hybridized carbons (Fsp3) is 0.647. The number of benzene rings is 1. The van der Waals surface area contributed by atoms with Gasteiger partial charge in [0.1, 0.15) is 0 Å². The second kappa shape index (κ2) is 6.38. The summed E-state index contributed by atoms with van der Waals surface area (Å²) in [7, 11) is 0. The molecule has 1 fully saturated rings. The fourth-order valence-corrected chi connectivity index (χ4v) is 2.51. The molecule has 0 spiro atoms. The lowest BCUT2D eigenvalue weighted by Gasteiger charge is -2.22. The van der Waals surface area contributed by atoms with E-state index in [2.05, 4.69) is 50.4 Å². The van der Waals surface area contributed by atoms with Crippen LogP contribution in [0.2, 0.25) is 0 Å². The van der Waals surface area contributed by atoms with Gasteiger partial charge in [0, 0.05) is 12.6 Å². The molecule has 0 bridgehead atoms. The molecule has 1 aromatic carbocycles. The summed E-state index contributed by atoms with van der Waals surface area (Å²) in [5.74, 6) is 1.50. The van der Waals surface area contributed by atoms with Crippen LogP contribution in [0.15, 0.2) is 24.3 Å². The van der Waals surface area contributed by atoms with E-state index in [0.717, 1.165) is 18.5 Å². The molecule has 1 heteroatoms. The van der Waals surface area contributed by atoms with Crippen LogP contribution in [-0.4, -0.2) is 12.6 Å². The van der Waals surface area contributed by atoms with Crippen molar-refractivity contribution in [2.45, 2.75) is 58.4 Å². The van der Waals surface area contributed by atoms with E-state index >= 15 is 0 Å². The normalized spacial score (nSPS) is 18.6. The highest BCUT2D eigenvalue weighted by Crippen LogP contribution is 2.27. The van der Waals surface area contributed by atoms with E-state index in [1.807, 2.05) is 0 Å². The van der Waals surface area contributed by atoms with E-state index in [0.29, 0.717) is 5.92 Å². The van der Waals surface area contributed by atoms with Gasteiger partial charge in [-0.25, -0.2) is 0 Å². The van der Waals surface area contributed by atoms with Crippen LogP contribution in [0, 0.1) is 12.8 Å². The van der Waals surface area contributed by atoms with Crippen LogP contribution < -0.4 is 5.32 Å². The lowest BCUT2D eigenvalue weighted by Crippen LogP contribution is -2.24. The number of aryl methyl sites for hydroxylation is 1. The van der Waals surface area contributed by atoms with Crippen LogP contribution in [0.3, 0.4) is 0 Å². The van der Waals surface area contributed by atoms with Crippen LogP contribution in [0.5, 0.6) is 0 Å². The fourth-order valence-electron chi connectivity index (χ4n) is 2.51. The molecule has 0 aromatic heterocycles. The Morgan fingerprint density at radius 3 is 2.72 bits per heavy atom. The van der Waals surface area contributed by atoms with Gasteiger partial charge < -0.3 is 5.32 Å². The van der Waals surface area contributed by atoms with Crippen molar-refractivity contribution in [2.24, 2.45) is 5.92 Å². The first-order valence-corrected chi connectivity index (χ1v) is 7.49. The van der Waals surface area contributed by atoms with Crippen molar-refractivity contribution in [1.29, 1.82) is 0 Å². The smallest absolute Gasteiger partial charge is 0.00684 e. The van der Waals surface area contributed by atoms with Crippen molar-refractivity contribution in [2.75, 3.05) is 6.54 Å². The third-order valence-corrected chi connectivity index (χ3v) is 4.13. The van der Waals surface area contributed by atoms with Crippen molar-refractivity contribution in [3.8, 4) is 0 Å². The molecule has 1 aliphatic carbocycles. The Kier molecular flexibility index (Phi) is 4.82. The molecule has 1 aliphatic rings. The molecule has 1 saturated carbocycles. The lowest BCUT2D eigenvalue weighted by molar-refractivity contribution is 0.435. The summed E-state index contributed by atoms with van der Waals surface area (Å²) in [6.07, 6.45) is 5.35. The second-order valence-corrected chi connectivity index (χ2v) is 6.04. The molecule has 0 saturated heterocycles. The minimum atomic E-state index is 0.681. The van der Waals surface area contributed by atoms with E-state index in [9.17, 15) is 0 Å². The van der Waals surface area contributed by atoms with Gasteiger partial charge in [0.2, 0.25) is 0 Å². The molecule has 1 nitrogen and oxygen atoms in total. The average molecular weight is 245 g/mol. The number of hydrogen-bond acceptors (Lipinski definition) is 1. The Hall–Kier alpha value is -0.820. The molecule has 0 radical (unpaired) electrons. The van der Waals surface area contributed by atoms with Gasteiger partial charge in [-0.3, -0.25) is 0 Å². The zero-order valence-electron chi connectivity index (χ0n) is 12.1. The monoisotopic (exact) mass is 245 g/mol. The maximum Gasteiger partial charge on any atom is 0.00684 e. The summed E-state index contributed by atoms with van der Waals surface area (Å²) in [6.45, 7) is 8.02. The minimum absolute atomic E-state index is 0.681. The largest absolute Gasteiger partial charge is 0.313 e. The Morgan fingerprint density at radius 1 is 1.33 bits per heavy atom. The summed E-state index contributed by atoms with van der Waals surface area (Å²) in [6, 6.07) is 9.87. The number of rotatable bonds is 7. The van der Waals surface area contributed by atoms with E-state index in [1.54, 1.807) is 0 Å². The van der Waals surface area contributed by atoms with Crippen LogP contribution in [0.1, 0.15) is 56.6 Å². The lowest BCUT2D eigenvalue weighted by atomic mass is 9.87. The van der Waals surface area contributed by atoms with E-state index < -0.39 is 0 Å². The quantitative estimate of drug-likeness (QED) is 0.756. The highest BCUT2D eigenvalue weighted by atomic mass is 14.9. The summed E-state index contributed by atoms with van der Waals surface area (Å²) >= 11 is 0. The van der Waals surface area contributed by atoms with Crippen molar-refractivity contribution in [3.05, 3.63) is 35.4 Å². The summed E-state index contributed by atoms with van der Waals surface area (Å²) in [5.41, 5.74) is 2.90. The molecule has 0 aliphatic heterocycles. The minimum Gasteiger partial charge on any atom is -0.313 e. The summed E-state index contributed by atoms with van der Waals surface area (Å²) in [4.78, 5) is 0. The first-order chi connectivity index (χ1) is 8.69. The Morgan fingerprint density at radius 2 is 2.11 bits per heavy atom. The van der Waals surface area contributed by atoms with Crippen molar-refractivity contribution in [3.63, 3.8) is 0 Å². The molecule has 18 heavy (non-hydrogen) atoms. The Balaban J connectivity index is 2.01. The molecule has 0 amide bonds. The van der Waals surface area contributed by atoms with E-state index in [4.69, 9.17) is 0 Å². The SMILES string of the molecule is CCC(C)CC(CNC1CC1)c1cccc(C)c1. The predicted octanol–water partition coefficient (Wildman–Crippen LogP) is 4.27. The van der Waals surface area contributed by atoms with E-state index in [-0.39, 0.29) is 0 Å². The van der Waals surface area contributed by atoms with Gasteiger partial charge in [0.15, 0.2) is 0 Å². The van der Waals surface area contributed by atoms with Gasteiger partial charge in [-0.1, -0.05) is 50.1 Å². The van der Waals surface area contributed by atoms with Gasteiger partial charge in [0.25, 0.3) is 0 Å². The zero-order valence-corrected chi connectivity index (χ0v) is 12.1. The molecule has 0 heterocycles. The Labute approximate surface area is 112 Å². The molecule has 100 valence electrons. The van der Waals surface area contributed by atoms with Crippen LogP contribution in [0.25, 0.3) is 0 Å². The molecule has 2 unspecified atom stereocenters. The maximum absolute atomic E-state index is 3.70. The summed E-state index contributed by atoms with van der Waals surface area (Å²) in [5, 5.41) is 3.70. The van der Waals surface area contributed by atoms with Crippen LogP contribution >= 0.6 is 0 Å². The summed E-state index contributed by atoms with van der Waals surface area (Å²) < 4.78 is 0. The zero-order chi connectivity index (χ0) is 13.0. The predicted molar refractivity (Wildman–Crippen MR) is 79.0 cm³/mol. The van der Waals surface area contributed by atoms with Crippen molar-refractivity contribution in [1.82, 2.24) is 5.32 Å². The highest BCUT2D eigenvalue weighted by Gasteiger charge is 2.23. The van der Waals surface area contributed by atoms with Crippen molar-refractivity contribution >= 4 is 0 Å². The molecule has 2 rings (SSSR count). The van der Waals surface area contributed by atoms with Crippen LogP contribution in [0.4, 0.5) is 0 Å². The van der Waals surface area contributed by atoms with Gasteiger partial charge in [0.05, 0.1) is 0 Å². The first kappa shape index (κ1) is 13.6. The third kappa shape index (κ3) is 4.13. The first-order valence-electron chi connectivity index (χ1n) is 7.49. The Bertz CT molecular complexity index is 368. The second-order valence-electron chi connectivity index (χ2n) is 6.04. The molecule has 1 N–H and O–H groups in total. The number of nitrogens with one attached hydrogen (secondary N) is 1. The molecular formula is C17H27N. The topological polar surface area (TPSA) is 12.0 Å². The van der Waals surface area contributed by atoms with Gasteiger partial charge in [-0.05, 0) is 43.6 Å².